The molecule has 0 unspecified atom stereocenters. The molecular formula is C10H16N2O. The predicted octanol–water partition coefficient (Wildman–Crippen LogP) is 2.04. The molecule has 3 aliphatic rings. The van der Waals surface area contributed by atoms with Gasteiger partial charge in [-0.2, -0.15) is 0 Å². The summed E-state index contributed by atoms with van der Waals surface area (Å²) in [5, 5.41) is 4.84. The molecule has 2 saturated carbocycles. The topological polar surface area (TPSA) is 32.7 Å². The molecule has 0 aromatic carbocycles. The molecule has 0 aromatic rings. The van der Waals surface area contributed by atoms with Crippen LogP contribution in [-0.4, -0.2) is 18.1 Å². The summed E-state index contributed by atoms with van der Waals surface area (Å²) in [6.45, 7) is 4.22. The fraction of sp³-hybridized carbons (Fsp3) is 1.00. The maximum Gasteiger partial charge on any atom is 0.0524 e. The van der Waals surface area contributed by atoms with E-state index in [-0.39, 0.29) is 0 Å². The number of hydrogen-bond donors (Lipinski definition) is 0. The highest BCUT2D eigenvalue weighted by Gasteiger charge is 2.59. The molecule has 4 atom stereocenters. The van der Waals surface area contributed by atoms with Gasteiger partial charge >= 0.3 is 0 Å². The molecule has 3 heteroatoms. The number of nitroso groups, excluding NO2 is 1. The van der Waals surface area contributed by atoms with Crippen LogP contribution in [0.1, 0.15) is 26.2 Å². The van der Waals surface area contributed by atoms with E-state index < -0.39 is 0 Å². The first-order valence-electron chi connectivity index (χ1n) is 5.32. The highest BCUT2D eigenvalue weighted by molar-refractivity contribution is 5.08. The third-order valence-corrected chi connectivity index (χ3v) is 4.87. The van der Waals surface area contributed by atoms with Gasteiger partial charge in [-0.1, -0.05) is 6.92 Å². The average molecular weight is 180 g/mol. The minimum atomic E-state index is 0.427. The highest BCUT2D eigenvalue weighted by atomic mass is 16.3. The Kier molecular flexibility index (Phi) is 1.35. The predicted molar refractivity (Wildman–Crippen MR) is 49.8 cm³/mol. The monoisotopic (exact) mass is 180 g/mol. The van der Waals surface area contributed by atoms with Gasteiger partial charge in [0.1, 0.15) is 0 Å². The van der Waals surface area contributed by atoms with Crippen molar-refractivity contribution < 1.29 is 0 Å². The lowest BCUT2D eigenvalue weighted by atomic mass is 9.70. The second kappa shape index (κ2) is 2.25. The Bertz CT molecular complexity index is 255. The minimum Gasteiger partial charge on any atom is -0.260 e. The molecule has 3 nitrogen and oxygen atoms in total. The SMILES string of the molecule is C[C@@]12CN(N=O)C[C@@H]1[C@@H]1CC[C@H]2C1. The van der Waals surface area contributed by atoms with Crippen LogP contribution in [0.3, 0.4) is 0 Å². The van der Waals surface area contributed by atoms with Crippen molar-refractivity contribution in [3.63, 3.8) is 0 Å². The minimum absolute atomic E-state index is 0.427. The summed E-state index contributed by atoms with van der Waals surface area (Å²) in [5.41, 5.74) is 0.427. The third kappa shape index (κ3) is 0.804. The van der Waals surface area contributed by atoms with Crippen LogP contribution < -0.4 is 0 Å². The van der Waals surface area contributed by atoms with Gasteiger partial charge in [0.2, 0.25) is 0 Å². The smallest absolute Gasteiger partial charge is 0.0524 e. The van der Waals surface area contributed by atoms with Crippen molar-refractivity contribution in [2.24, 2.45) is 28.5 Å². The number of rotatable bonds is 1. The summed E-state index contributed by atoms with van der Waals surface area (Å²) in [4.78, 5) is 10.5. The number of fused-ring (bicyclic) bond motifs is 5. The fourth-order valence-electron chi connectivity index (χ4n) is 4.17. The van der Waals surface area contributed by atoms with Gasteiger partial charge in [-0.05, 0) is 42.4 Å². The Hall–Kier alpha value is -0.600. The van der Waals surface area contributed by atoms with Crippen LogP contribution in [-0.2, 0) is 0 Å². The quantitative estimate of drug-likeness (QED) is 0.578. The van der Waals surface area contributed by atoms with Crippen molar-refractivity contribution in [2.75, 3.05) is 13.1 Å². The molecule has 1 saturated heterocycles. The zero-order valence-electron chi connectivity index (χ0n) is 8.07. The van der Waals surface area contributed by atoms with Crippen molar-refractivity contribution in [2.45, 2.75) is 26.2 Å². The van der Waals surface area contributed by atoms with E-state index in [2.05, 4.69) is 12.2 Å². The van der Waals surface area contributed by atoms with Gasteiger partial charge in [0.15, 0.2) is 0 Å². The highest BCUT2D eigenvalue weighted by Crippen LogP contribution is 2.62. The van der Waals surface area contributed by atoms with Crippen molar-refractivity contribution in [1.82, 2.24) is 5.01 Å². The van der Waals surface area contributed by atoms with Gasteiger partial charge in [-0.15, -0.1) is 4.91 Å². The molecule has 0 N–H and O–H groups in total. The molecule has 2 bridgehead atoms. The van der Waals surface area contributed by atoms with Crippen LogP contribution in [0.25, 0.3) is 0 Å². The maximum absolute atomic E-state index is 10.5. The van der Waals surface area contributed by atoms with Crippen LogP contribution in [0.4, 0.5) is 0 Å². The van der Waals surface area contributed by atoms with Gasteiger partial charge in [0.05, 0.1) is 5.29 Å². The van der Waals surface area contributed by atoms with Gasteiger partial charge in [-0.3, -0.25) is 5.01 Å². The molecule has 1 heterocycles. The second-order valence-corrected chi connectivity index (χ2v) is 5.31. The van der Waals surface area contributed by atoms with E-state index in [1.807, 2.05) is 0 Å². The lowest BCUT2D eigenvalue weighted by Crippen LogP contribution is -2.32. The van der Waals surface area contributed by atoms with Gasteiger partial charge in [-0.25, -0.2) is 0 Å². The van der Waals surface area contributed by atoms with E-state index in [0.29, 0.717) is 5.41 Å². The summed E-state index contributed by atoms with van der Waals surface area (Å²) < 4.78 is 0. The molecule has 72 valence electrons. The van der Waals surface area contributed by atoms with Gasteiger partial charge in [0, 0.05) is 13.1 Å². The van der Waals surface area contributed by atoms with Crippen molar-refractivity contribution in [3.8, 4) is 0 Å². The molecule has 0 radical (unpaired) electrons. The Morgan fingerprint density at radius 1 is 1.46 bits per heavy atom. The van der Waals surface area contributed by atoms with E-state index in [9.17, 15) is 4.91 Å². The van der Waals surface area contributed by atoms with Crippen molar-refractivity contribution >= 4 is 0 Å². The van der Waals surface area contributed by atoms with E-state index in [1.54, 1.807) is 5.01 Å². The van der Waals surface area contributed by atoms with Crippen LogP contribution >= 0.6 is 0 Å². The molecule has 3 rings (SSSR count). The fourth-order valence-corrected chi connectivity index (χ4v) is 4.17. The summed E-state index contributed by atoms with van der Waals surface area (Å²) >= 11 is 0. The molecule has 1 aliphatic heterocycles. The van der Waals surface area contributed by atoms with Crippen LogP contribution in [0.2, 0.25) is 0 Å². The van der Waals surface area contributed by atoms with E-state index >= 15 is 0 Å². The largest absolute Gasteiger partial charge is 0.260 e. The molecule has 2 aliphatic carbocycles. The summed E-state index contributed by atoms with van der Waals surface area (Å²) in [7, 11) is 0. The average Bonchev–Trinajstić information content (AvgIpc) is 2.72. The Labute approximate surface area is 78.4 Å². The first-order chi connectivity index (χ1) is 6.24. The first-order valence-corrected chi connectivity index (χ1v) is 5.32. The van der Waals surface area contributed by atoms with Gasteiger partial charge in [0.25, 0.3) is 0 Å². The number of hydrogen-bond acceptors (Lipinski definition) is 2. The van der Waals surface area contributed by atoms with E-state index in [0.717, 1.165) is 30.8 Å². The zero-order chi connectivity index (χ0) is 9.05. The van der Waals surface area contributed by atoms with Crippen molar-refractivity contribution in [1.29, 1.82) is 0 Å². The molecule has 0 spiro atoms. The molecular weight excluding hydrogens is 164 g/mol. The normalized spacial score (nSPS) is 52.7. The summed E-state index contributed by atoms with van der Waals surface area (Å²) in [6.07, 6.45) is 4.22. The summed E-state index contributed by atoms with van der Waals surface area (Å²) in [5.74, 6) is 2.56. The summed E-state index contributed by atoms with van der Waals surface area (Å²) in [6, 6.07) is 0. The molecule has 3 fully saturated rings. The lowest BCUT2D eigenvalue weighted by Gasteiger charge is -2.34. The molecule has 13 heavy (non-hydrogen) atoms. The van der Waals surface area contributed by atoms with Gasteiger partial charge < -0.3 is 0 Å². The third-order valence-electron chi connectivity index (χ3n) is 4.87. The molecule has 0 amide bonds. The van der Waals surface area contributed by atoms with Crippen LogP contribution in [0.5, 0.6) is 0 Å². The molecule has 0 aromatic heterocycles. The lowest BCUT2D eigenvalue weighted by molar-refractivity contribution is 0.151. The Morgan fingerprint density at radius 3 is 3.00 bits per heavy atom. The van der Waals surface area contributed by atoms with Crippen molar-refractivity contribution in [3.05, 3.63) is 4.91 Å². The van der Waals surface area contributed by atoms with Crippen LogP contribution in [0, 0.1) is 28.1 Å². The van der Waals surface area contributed by atoms with E-state index in [1.165, 1.54) is 19.3 Å². The Balaban J connectivity index is 1.92. The van der Waals surface area contributed by atoms with E-state index in [4.69, 9.17) is 0 Å². The standard InChI is InChI=1S/C10H16N2O/c1-10-6-12(11-13)5-9(10)7-2-3-8(10)4-7/h7-9H,2-6H2,1H3/t7-,8+,9-,10+/m1/s1. The maximum atomic E-state index is 10.5. The Morgan fingerprint density at radius 2 is 2.31 bits per heavy atom. The second-order valence-electron chi connectivity index (χ2n) is 5.31. The van der Waals surface area contributed by atoms with Crippen LogP contribution in [0.15, 0.2) is 5.29 Å². The number of nitrogens with zero attached hydrogens (tertiary/aromatic N) is 2. The zero-order valence-corrected chi connectivity index (χ0v) is 8.07. The first kappa shape index (κ1) is 7.77.